The van der Waals surface area contributed by atoms with Crippen molar-refractivity contribution in [3.8, 4) is 0 Å². The maximum atomic E-state index is 11.1. The molecule has 1 amide bonds. The number of hydrogen-bond donors (Lipinski definition) is 1. The van der Waals surface area contributed by atoms with Gasteiger partial charge in [-0.3, -0.25) is 9.69 Å². The van der Waals surface area contributed by atoms with Gasteiger partial charge in [-0.1, -0.05) is 27.2 Å². The normalized spacial score (nSPS) is 16.6. The second-order valence-corrected chi connectivity index (χ2v) is 3.73. The predicted octanol–water partition coefficient (Wildman–Crippen LogP) is 0.949. The molecule has 1 rings (SSSR count). The summed E-state index contributed by atoms with van der Waals surface area (Å²) >= 11 is 0. The summed E-state index contributed by atoms with van der Waals surface area (Å²) in [6.45, 7) is 10.4. The van der Waals surface area contributed by atoms with Crippen molar-refractivity contribution in [1.82, 2.24) is 9.80 Å². The highest BCUT2D eigenvalue weighted by Gasteiger charge is 2.19. The third-order valence-corrected chi connectivity index (χ3v) is 2.69. The van der Waals surface area contributed by atoms with E-state index in [9.17, 15) is 4.79 Å². The first kappa shape index (κ1) is 15.4. The summed E-state index contributed by atoms with van der Waals surface area (Å²) in [6.07, 6.45) is 2.45. The number of carbonyl (C=O) groups is 1. The van der Waals surface area contributed by atoms with Gasteiger partial charge in [0.2, 0.25) is 5.91 Å². The van der Waals surface area contributed by atoms with Gasteiger partial charge in [0.25, 0.3) is 0 Å². The van der Waals surface area contributed by atoms with Crippen LogP contribution < -0.4 is 0 Å². The predicted molar refractivity (Wildman–Crippen MR) is 66.4 cm³/mol. The fraction of sp³-hybridized carbons (Fsp3) is 0.917. The molecule has 0 aromatic carbocycles. The van der Waals surface area contributed by atoms with Crippen molar-refractivity contribution in [2.75, 3.05) is 39.3 Å². The number of rotatable bonds is 4. The first-order valence-electron chi connectivity index (χ1n) is 6.39. The van der Waals surface area contributed by atoms with E-state index in [-0.39, 0.29) is 12.5 Å². The molecule has 96 valence electrons. The lowest BCUT2D eigenvalue weighted by Crippen LogP contribution is -2.49. The molecule has 1 aliphatic rings. The summed E-state index contributed by atoms with van der Waals surface area (Å²) in [5.41, 5.74) is 0. The summed E-state index contributed by atoms with van der Waals surface area (Å²) < 4.78 is 0. The first-order chi connectivity index (χ1) is 7.77. The van der Waals surface area contributed by atoms with Crippen molar-refractivity contribution in [2.45, 2.75) is 33.6 Å². The second kappa shape index (κ2) is 9.60. The summed E-state index contributed by atoms with van der Waals surface area (Å²) in [5, 5.41) is 8.69. The molecule has 0 unspecified atom stereocenters. The molecule has 0 aromatic heterocycles. The molecule has 1 aliphatic heterocycles. The molecular weight excluding hydrogens is 204 g/mol. The highest BCUT2D eigenvalue weighted by molar-refractivity contribution is 5.77. The van der Waals surface area contributed by atoms with Gasteiger partial charge in [0, 0.05) is 26.2 Å². The third kappa shape index (κ3) is 5.47. The molecule has 0 radical (unpaired) electrons. The van der Waals surface area contributed by atoms with Crippen molar-refractivity contribution >= 4 is 5.91 Å². The van der Waals surface area contributed by atoms with Gasteiger partial charge in [-0.15, -0.1) is 0 Å². The first-order valence-corrected chi connectivity index (χ1v) is 6.39. The third-order valence-electron chi connectivity index (χ3n) is 2.69. The highest BCUT2D eigenvalue weighted by atomic mass is 16.3. The Morgan fingerprint density at radius 2 is 1.75 bits per heavy atom. The van der Waals surface area contributed by atoms with Crippen molar-refractivity contribution in [3.63, 3.8) is 0 Å². The number of carbonyl (C=O) groups excluding carboxylic acids is 1. The SMILES string of the molecule is CC.CCCCN1CCN(C(=O)CO)CC1. The molecule has 1 saturated heterocycles. The number of aliphatic hydroxyl groups excluding tert-OH is 1. The zero-order valence-corrected chi connectivity index (χ0v) is 10.9. The standard InChI is InChI=1S/C10H20N2O2.C2H6/c1-2-3-4-11-5-7-12(8-6-11)10(14)9-13;1-2/h13H,2-9H2,1H3;1-2H3. The molecule has 0 saturated carbocycles. The topological polar surface area (TPSA) is 43.8 Å². The number of piperazine rings is 1. The molecule has 0 spiro atoms. The largest absolute Gasteiger partial charge is 0.387 e. The summed E-state index contributed by atoms with van der Waals surface area (Å²) in [6, 6.07) is 0. The molecule has 0 aliphatic carbocycles. The van der Waals surface area contributed by atoms with Crippen LogP contribution in [0.1, 0.15) is 33.6 Å². The van der Waals surface area contributed by atoms with E-state index in [0.29, 0.717) is 0 Å². The number of unbranched alkanes of at least 4 members (excludes halogenated alkanes) is 1. The van der Waals surface area contributed by atoms with Crippen molar-refractivity contribution < 1.29 is 9.90 Å². The Bertz CT molecular complexity index is 178. The quantitative estimate of drug-likeness (QED) is 0.782. The number of amides is 1. The number of nitrogens with zero attached hydrogens (tertiary/aromatic N) is 2. The van der Waals surface area contributed by atoms with Gasteiger partial charge in [0.05, 0.1) is 0 Å². The number of aliphatic hydroxyl groups is 1. The zero-order valence-electron chi connectivity index (χ0n) is 10.9. The average molecular weight is 230 g/mol. The zero-order chi connectivity index (χ0) is 12.4. The van der Waals surface area contributed by atoms with Crippen LogP contribution in [0.4, 0.5) is 0 Å². The van der Waals surface area contributed by atoms with Gasteiger partial charge in [-0.2, -0.15) is 0 Å². The smallest absolute Gasteiger partial charge is 0.248 e. The van der Waals surface area contributed by atoms with Gasteiger partial charge < -0.3 is 10.0 Å². The van der Waals surface area contributed by atoms with Crippen LogP contribution >= 0.6 is 0 Å². The van der Waals surface area contributed by atoms with Crippen LogP contribution in [0.2, 0.25) is 0 Å². The summed E-state index contributed by atoms with van der Waals surface area (Å²) in [4.78, 5) is 15.3. The Kier molecular flexibility index (Phi) is 9.24. The molecule has 4 heteroatoms. The van der Waals surface area contributed by atoms with E-state index in [2.05, 4.69) is 11.8 Å². The Hall–Kier alpha value is -0.610. The minimum absolute atomic E-state index is 0.139. The molecule has 0 atom stereocenters. The van der Waals surface area contributed by atoms with Crippen LogP contribution in [0.3, 0.4) is 0 Å². The van der Waals surface area contributed by atoms with Crippen LogP contribution in [-0.2, 0) is 4.79 Å². The highest BCUT2D eigenvalue weighted by Crippen LogP contribution is 2.03. The van der Waals surface area contributed by atoms with Gasteiger partial charge in [0.15, 0.2) is 0 Å². The van der Waals surface area contributed by atoms with E-state index in [4.69, 9.17) is 5.11 Å². The Labute approximate surface area is 99.2 Å². The molecular formula is C12H26N2O2. The van der Waals surface area contributed by atoms with Crippen molar-refractivity contribution in [3.05, 3.63) is 0 Å². The van der Waals surface area contributed by atoms with Crippen molar-refractivity contribution in [2.24, 2.45) is 0 Å². The fourth-order valence-corrected chi connectivity index (χ4v) is 1.70. The van der Waals surface area contributed by atoms with E-state index < -0.39 is 0 Å². The monoisotopic (exact) mass is 230 g/mol. The van der Waals surface area contributed by atoms with Crippen LogP contribution in [0.5, 0.6) is 0 Å². The van der Waals surface area contributed by atoms with Crippen LogP contribution in [-0.4, -0.2) is 60.1 Å². The van der Waals surface area contributed by atoms with Crippen LogP contribution in [0, 0.1) is 0 Å². The molecule has 0 bridgehead atoms. The summed E-state index contributed by atoms with van der Waals surface area (Å²) in [5.74, 6) is -0.139. The number of hydrogen-bond acceptors (Lipinski definition) is 3. The minimum atomic E-state index is -0.352. The molecule has 1 heterocycles. The lowest BCUT2D eigenvalue weighted by molar-refractivity contribution is -0.135. The molecule has 4 nitrogen and oxygen atoms in total. The lowest BCUT2D eigenvalue weighted by atomic mass is 10.2. The molecule has 16 heavy (non-hydrogen) atoms. The van der Waals surface area contributed by atoms with E-state index >= 15 is 0 Å². The van der Waals surface area contributed by atoms with Gasteiger partial charge >= 0.3 is 0 Å². The van der Waals surface area contributed by atoms with E-state index in [1.807, 2.05) is 13.8 Å². The average Bonchev–Trinajstić information content (AvgIpc) is 2.38. The van der Waals surface area contributed by atoms with Crippen molar-refractivity contribution in [1.29, 1.82) is 0 Å². The van der Waals surface area contributed by atoms with E-state index in [1.54, 1.807) is 4.90 Å². The Balaban J connectivity index is 0.00000106. The molecule has 1 fully saturated rings. The maximum Gasteiger partial charge on any atom is 0.248 e. The van der Waals surface area contributed by atoms with Gasteiger partial charge in [0.1, 0.15) is 6.61 Å². The molecule has 0 aromatic rings. The van der Waals surface area contributed by atoms with Gasteiger partial charge in [-0.05, 0) is 13.0 Å². The van der Waals surface area contributed by atoms with Gasteiger partial charge in [-0.25, -0.2) is 0 Å². The lowest BCUT2D eigenvalue weighted by Gasteiger charge is -2.34. The fourth-order valence-electron chi connectivity index (χ4n) is 1.70. The Morgan fingerprint density at radius 3 is 2.19 bits per heavy atom. The minimum Gasteiger partial charge on any atom is -0.387 e. The van der Waals surface area contributed by atoms with Crippen LogP contribution in [0.15, 0.2) is 0 Å². The Morgan fingerprint density at radius 1 is 1.19 bits per heavy atom. The second-order valence-electron chi connectivity index (χ2n) is 3.73. The maximum absolute atomic E-state index is 11.1. The summed E-state index contributed by atoms with van der Waals surface area (Å²) in [7, 11) is 0. The molecule has 1 N–H and O–H groups in total. The van der Waals surface area contributed by atoms with E-state index in [0.717, 1.165) is 32.7 Å². The van der Waals surface area contributed by atoms with E-state index in [1.165, 1.54) is 12.8 Å². The van der Waals surface area contributed by atoms with Crippen LogP contribution in [0.25, 0.3) is 0 Å².